The van der Waals surface area contributed by atoms with Crippen LogP contribution in [0.25, 0.3) is 6.08 Å². The van der Waals surface area contributed by atoms with E-state index < -0.39 is 5.97 Å². The molecule has 0 aliphatic heterocycles. The molecule has 5 nitrogen and oxygen atoms in total. The lowest BCUT2D eigenvalue weighted by atomic mass is 10.1. The van der Waals surface area contributed by atoms with Gasteiger partial charge in [-0.15, -0.1) is 0 Å². The number of carbonyl (C=O) groups is 3. The summed E-state index contributed by atoms with van der Waals surface area (Å²) in [6.45, 7) is 4.49. The van der Waals surface area contributed by atoms with Gasteiger partial charge in [0.05, 0.1) is 5.69 Å². The van der Waals surface area contributed by atoms with Crippen LogP contribution in [0.1, 0.15) is 44.6 Å². The maximum atomic E-state index is 12.2. The lowest BCUT2D eigenvalue weighted by Crippen LogP contribution is -2.14. The van der Waals surface area contributed by atoms with Crippen molar-refractivity contribution in [3.8, 4) is 0 Å². The Labute approximate surface area is 154 Å². The fourth-order valence-corrected chi connectivity index (χ4v) is 3.01. The van der Waals surface area contributed by atoms with Crippen molar-refractivity contribution >= 4 is 39.5 Å². The highest BCUT2D eigenvalue weighted by Crippen LogP contribution is 2.19. The zero-order valence-electron chi connectivity index (χ0n) is 14.2. The second-order valence-electron chi connectivity index (χ2n) is 5.60. The molecule has 0 unspecified atom stereocenters. The van der Waals surface area contributed by atoms with Crippen LogP contribution < -0.4 is 0 Å². The molecule has 2 rings (SSSR count). The molecule has 130 valence electrons. The number of halogens is 1. The number of esters is 1. The predicted molar refractivity (Wildman–Crippen MR) is 98.7 cm³/mol. The van der Waals surface area contributed by atoms with E-state index in [9.17, 15) is 14.4 Å². The van der Waals surface area contributed by atoms with E-state index in [0.29, 0.717) is 22.5 Å². The number of aromatic nitrogens is 1. The fourth-order valence-electron chi connectivity index (χ4n) is 2.59. The van der Waals surface area contributed by atoms with E-state index in [2.05, 4.69) is 20.9 Å². The molecule has 0 saturated heterocycles. The van der Waals surface area contributed by atoms with E-state index in [-0.39, 0.29) is 18.2 Å². The smallest absolute Gasteiger partial charge is 0.331 e. The largest absolute Gasteiger partial charge is 0.454 e. The lowest BCUT2D eigenvalue weighted by molar-refractivity contribution is -0.136. The van der Waals surface area contributed by atoms with Crippen LogP contribution in [0.2, 0.25) is 0 Å². The molecule has 0 spiro atoms. The molecule has 6 heteroatoms. The molecular weight excluding hydrogens is 386 g/mol. The Morgan fingerprint density at radius 2 is 1.96 bits per heavy atom. The number of ether oxygens (including phenoxy) is 1. The van der Waals surface area contributed by atoms with E-state index in [4.69, 9.17) is 4.74 Å². The van der Waals surface area contributed by atoms with Gasteiger partial charge in [0.15, 0.2) is 12.4 Å². The third-order valence-corrected chi connectivity index (χ3v) is 4.17. The summed E-state index contributed by atoms with van der Waals surface area (Å²) in [5.41, 5.74) is 2.85. The van der Waals surface area contributed by atoms with Crippen molar-refractivity contribution < 1.29 is 19.1 Å². The number of rotatable bonds is 6. The van der Waals surface area contributed by atoms with Crippen molar-refractivity contribution in [3.63, 3.8) is 0 Å². The van der Waals surface area contributed by atoms with Gasteiger partial charge in [-0.1, -0.05) is 28.1 Å². The summed E-state index contributed by atoms with van der Waals surface area (Å²) in [5, 5.41) is 0. The number of Topliss-reactive ketones (excluding diaryl/α,β-unsaturated/α-hetero) is 2. The number of hydrogen-bond donors (Lipinski definition) is 1. The molecule has 0 aliphatic rings. The van der Waals surface area contributed by atoms with Gasteiger partial charge in [0.25, 0.3) is 0 Å². The molecule has 1 aromatic heterocycles. The number of H-pyrrole nitrogens is 1. The van der Waals surface area contributed by atoms with E-state index in [1.807, 2.05) is 24.3 Å². The average Bonchev–Trinajstić information content (AvgIpc) is 2.85. The molecule has 0 atom stereocenters. The summed E-state index contributed by atoms with van der Waals surface area (Å²) in [7, 11) is 0. The molecule has 2 aromatic rings. The number of nitrogens with one attached hydrogen (secondary N) is 1. The number of ketones is 2. The van der Waals surface area contributed by atoms with Gasteiger partial charge in [-0.3, -0.25) is 9.59 Å². The number of aryl methyl sites for hydroxylation is 1. The van der Waals surface area contributed by atoms with Gasteiger partial charge in [0.2, 0.25) is 5.78 Å². The molecule has 1 heterocycles. The Kier molecular flexibility index (Phi) is 6.09. The summed E-state index contributed by atoms with van der Waals surface area (Å²) in [5.74, 6) is -1.10. The minimum atomic E-state index is -0.610. The maximum Gasteiger partial charge on any atom is 0.331 e. The molecular formula is C19H18BrNO4. The third kappa shape index (κ3) is 4.76. The van der Waals surface area contributed by atoms with Gasteiger partial charge in [0.1, 0.15) is 0 Å². The quantitative estimate of drug-likeness (QED) is 0.448. The fraction of sp³-hybridized carbons (Fsp3) is 0.211. The molecule has 0 fully saturated rings. The first-order valence-corrected chi connectivity index (χ1v) is 8.42. The SMILES string of the molecule is CC(=O)c1c(C)[nH]c(C(=O)COC(=O)/C=C/c2cccc(Br)c2)c1C. The molecule has 1 N–H and O–H groups in total. The maximum absolute atomic E-state index is 12.2. The highest BCUT2D eigenvalue weighted by molar-refractivity contribution is 9.10. The van der Waals surface area contributed by atoms with E-state index in [1.54, 1.807) is 19.9 Å². The monoisotopic (exact) mass is 403 g/mol. The van der Waals surface area contributed by atoms with Gasteiger partial charge >= 0.3 is 5.97 Å². The number of carbonyl (C=O) groups excluding carboxylic acids is 3. The first kappa shape index (κ1) is 18.9. The summed E-state index contributed by atoms with van der Waals surface area (Å²) in [4.78, 5) is 38.5. The van der Waals surface area contributed by atoms with Crippen molar-refractivity contribution in [2.24, 2.45) is 0 Å². The van der Waals surface area contributed by atoms with E-state index in [1.165, 1.54) is 13.0 Å². The Morgan fingerprint density at radius 1 is 1.24 bits per heavy atom. The first-order valence-electron chi connectivity index (χ1n) is 7.63. The Hall–Kier alpha value is -2.47. The van der Waals surface area contributed by atoms with Crippen LogP contribution in [0.5, 0.6) is 0 Å². The number of hydrogen-bond acceptors (Lipinski definition) is 4. The number of aromatic amines is 1. The molecule has 0 aliphatic carbocycles. The van der Waals surface area contributed by atoms with Crippen LogP contribution in [0, 0.1) is 13.8 Å². The Morgan fingerprint density at radius 3 is 2.56 bits per heavy atom. The minimum absolute atomic E-state index is 0.112. The third-order valence-electron chi connectivity index (χ3n) is 3.67. The highest BCUT2D eigenvalue weighted by atomic mass is 79.9. The Balaban J connectivity index is 1.99. The molecule has 0 bridgehead atoms. The topological polar surface area (TPSA) is 76.2 Å². The highest BCUT2D eigenvalue weighted by Gasteiger charge is 2.20. The molecule has 0 radical (unpaired) electrons. The molecule has 0 amide bonds. The van der Waals surface area contributed by atoms with E-state index >= 15 is 0 Å². The zero-order chi connectivity index (χ0) is 18.6. The van der Waals surface area contributed by atoms with Crippen LogP contribution in [-0.2, 0) is 9.53 Å². The Bertz CT molecular complexity index is 864. The van der Waals surface area contributed by atoms with Crippen molar-refractivity contribution in [1.29, 1.82) is 0 Å². The minimum Gasteiger partial charge on any atom is -0.454 e. The second kappa shape index (κ2) is 8.07. The van der Waals surface area contributed by atoms with Crippen LogP contribution in [-0.4, -0.2) is 29.1 Å². The van der Waals surface area contributed by atoms with Crippen LogP contribution in [0.15, 0.2) is 34.8 Å². The summed E-state index contributed by atoms with van der Waals surface area (Å²) < 4.78 is 5.88. The number of benzene rings is 1. The van der Waals surface area contributed by atoms with Crippen LogP contribution >= 0.6 is 15.9 Å². The average molecular weight is 404 g/mol. The van der Waals surface area contributed by atoms with Gasteiger partial charge in [-0.25, -0.2) is 4.79 Å². The summed E-state index contributed by atoms with van der Waals surface area (Å²) in [6, 6.07) is 7.42. The normalized spacial score (nSPS) is 10.9. The molecule has 1 aromatic carbocycles. The van der Waals surface area contributed by atoms with Crippen LogP contribution in [0.4, 0.5) is 0 Å². The van der Waals surface area contributed by atoms with Crippen molar-refractivity contribution in [1.82, 2.24) is 4.98 Å². The van der Waals surface area contributed by atoms with E-state index in [0.717, 1.165) is 10.0 Å². The van der Waals surface area contributed by atoms with Gasteiger partial charge in [-0.05, 0) is 50.1 Å². The van der Waals surface area contributed by atoms with Gasteiger partial charge < -0.3 is 9.72 Å². The standard InChI is InChI=1S/C19H18BrNO4/c1-11-18(13(3)22)12(2)21-19(11)16(23)10-25-17(24)8-7-14-5-4-6-15(20)9-14/h4-9,21H,10H2,1-3H3/b8-7+. The van der Waals surface area contributed by atoms with Crippen molar-refractivity contribution in [2.75, 3.05) is 6.61 Å². The second-order valence-corrected chi connectivity index (χ2v) is 6.52. The first-order chi connectivity index (χ1) is 11.8. The molecule has 25 heavy (non-hydrogen) atoms. The molecule has 0 saturated carbocycles. The van der Waals surface area contributed by atoms with Gasteiger partial charge in [-0.2, -0.15) is 0 Å². The van der Waals surface area contributed by atoms with Crippen molar-refractivity contribution in [3.05, 3.63) is 62.9 Å². The zero-order valence-corrected chi connectivity index (χ0v) is 15.8. The summed E-state index contributed by atoms with van der Waals surface area (Å²) in [6.07, 6.45) is 2.87. The predicted octanol–water partition coefficient (Wildman–Crippen LogP) is 4.04. The lowest BCUT2D eigenvalue weighted by Gasteiger charge is -2.02. The van der Waals surface area contributed by atoms with Gasteiger partial charge in [0, 0.05) is 21.8 Å². The van der Waals surface area contributed by atoms with Crippen LogP contribution in [0.3, 0.4) is 0 Å². The van der Waals surface area contributed by atoms with Crippen molar-refractivity contribution in [2.45, 2.75) is 20.8 Å². The summed E-state index contributed by atoms with van der Waals surface area (Å²) >= 11 is 3.35.